The van der Waals surface area contributed by atoms with Gasteiger partial charge in [0.15, 0.2) is 0 Å². The molecule has 1 saturated carbocycles. The van der Waals surface area contributed by atoms with Crippen LogP contribution >= 0.6 is 0 Å². The first-order chi connectivity index (χ1) is 9.33. The molecule has 0 bridgehead atoms. The molecule has 2 atom stereocenters. The van der Waals surface area contributed by atoms with Gasteiger partial charge in [0.25, 0.3) is 0 Å². The van der Waals surface area contributed by atoms with Gasteiger partial charge in [-0.2, -0.15) is 4.98 Å². The average Bonchev–Trinajstić information content (AvgIpc) is 2.46. The van der Waals surface area contributed by atoms with Gasteiger partial charge < -0.3 is 15.2 Å². The summed E-state index contributed by atoms with van der Waals surface area (Å²) in [4.78, 5) is 8.32. The smallest absolute Gasteiger partial charge is 0.319 e. The van der Waals surface area contributed by atoms with E-state index < -0.39 is 0 Å². The second-order valence-corrected chi connectivity index (χ2v) is 4.96. The molecule has 106 valence electrons. The van der Waals surface area contributed by atoms with Gasteiger partial charge in [-0.25, -0.2) is 4.98 Å². The molecule has 1 fully saturated rings. The zero-order chi connectivity index (χ0) is 13.5. The van der Waals surface area contributed by atoms with Crippen LogP contribution in [0.5, 0.6) is 11.9 Å². The van der Waals surface area contributed by atoms with Crippen molar-refractivity contribution in [1.82, 2.24) is 9.97 Å². The molecule has 0 radical (unpaired) electrons. The van der Waals surface area contributed by atoms with Crippen molar-refractivity contribution in [3.8, 4) is 11.9 Å². The van der Waals surface area contributed by atoms with Gasteiger partial charge in [-0.15, -0.1) is 0 Å². The van der Waals surface area contributed by atoms with Crippen molar-refractivity contribution in [2.24, 2.45) is 17.6 Å². The number of hydrogen-bond acceptors (Lipinski definition) is 5. The molecule has 0 amide bonds. The van der Waals surface area contributed by atoms with Crippen molar-refractivity contribution in [1.29, 1.82) is 0 Å². The minimum Gasteiger partial charge on any atom is -0.478 e. The van der Waals surface area contributed by atoms with Gasteiger partial charge in [-0.05, 0) is 38.1 Å². The second kappa shape index (κ2) is 7.28. The van der Waals surface area contributed by atoms with Gasteiger partial charge in [0, 0.05) is 12.3 Å². The summed E-state index contributed by atoms with van der Waals surface area (Å²) in [6, 6.07) is 2.13. The van der Waals surface area contributed by atoms with Crippen LogP contribution in [0.2, 0.25) is 0 Å². The Morgan fingerprint density at radius 1 is 1.26 bits per heavy atom. The highest BCUT2D eigenvalue weighted by atomic mass is 16.5. The number of ether oxygens (including phenoxy) is 2. The Morgan fingerprint density at radius 2 is 2.05 bits per heavy atom. The molecule has 19 heavy (non-hydrogen) atoms. The van der Waals surface area contributed by atoms with Gasteiger partial charge in [0.05, 0.1) is 13.2 Å². The minimum atomic E-state index is 0.396. The van der Waals surface area contributed by atoms with E-state index in [2.05, 4.69) is 9.97 Å². The Bertz CT molecular complexity index is 387. The molecule has 0 spiro atoms. The molecule has 5 heteroatoms. The third kappa shape index (κ3) is 4.06. The largest absolute Gasteiger partial charge is 0.478 e. The van der Waals surface area contributed by atoms with E-state index in [4.69, 9.17) is 15.2 Å². The highest BCUT2D eigenvalue weighted by Crippen LogP contribution is 2.29. The Kier molecular flexibility index (Phi) is 5.39. The molecule has 1 aliphatic carbocycles. The van der Waals surface area contributed by atoms with Crippen molar-refractivity contribution in [3.05, 3.63) is 12.3 Å². The normalized spacial score (nSPS) is 23.1. The van der Waals surface area contributed by atoms with Gasteiger partial charge in [-0.1, -0.05) is 12.8 Å². The summed E-state index contributed by atoms with van der Waals surface area (Å²) in [7, 11) is 0. The van der Waals surface area contributed by atoms with Crippen LogP contribution in [-0.4, -0.2) is 29.7 Å². The first-order valence-corrected chi connectivity index (χ1v) is 7.12. The van der Waals surface area contributed by atoms with E-state index in [1.165, 1.54) is 25.7 Å². The van der Waals surface area contributed by atoms with Crippen molar-refractivity contribution >= 4 is 0 Å². The van der Waals surface area contributed by atoms with Crippen LogP contribution in [0.3, 0.4) is 0 Å². The summed E-state index contributed by atoms with van der Waals surface area (Å²) in [6.45, 7) is 3.91. The summed E-state index contributed by atoms with van der Waals surface area (Å²) < 4.78 is 11.0. The molecule has 2 N–H and O–H groups in total. The lowest BCUT2D eigenvalue weighted by molar-refractivity contribution is 0.144. The topological polar surface area (TPSA) is 70.3 Å². The number of nitrogens with two attached hydrogens (primary N) is 1. The quantitative estimate of drug-likeness (QED) is 0.852. The molecule has 1 heterocycles. The van der Waals surface area contributed by atoms with Crippen LogP contribution in [0, 0.1) is 11.8 Å². The van der Waals surface area contributed by atoms with Crippen LogP contribution < -0.4 is 15.2 Å². The Balaban J connectivity index is 1.88. The summed E-state index contributed by atoms with van der Waals surface area (Å²) >= 11 is 0. The van der Waals surface area contributed by atoms with Crippen molar-refractivity contribution in [2.45, 2.75) is 32.6 Å². The van der Waals surface area contributed by atoms with E-state index in [-0.39, 0.29) is 0 Å². The predicted octanol–water partition coefficient (Wildman–Crippen LogP) is 2.02. The van der Waals surface area contributed by atoms with Gasteiger partial charge in [0.2, 0.25) is 5.88 Å². The van der Waals surface area contributed by atoms with E-state index >= 15 is 0 Å². The van der Waals surface area contributed by atoms with Crippen LogP contribution in [-0.2, 0) is 0 Å². The Morgan fingerprint density at radius 3 is 2.79 bits per heavy atom. The number of rotatable bonds is 6. The molecule has 1 aromatic heterocycles. The van der Waals surface area contributed by atoms with Gasteiger partial charge in [-0.3, -0.25) is 0 Å². The molecule has 1 aliphatic rings. The molecular weight excluding hydrogens is 242 g/mol. The van der Waals surface area contributed by atoms with Crippen molar-refractivity contribution in [2.75, 3.05) is 19.8 Å². The third-order valence-electron chi connectivity index (χ3n) is 3.70. The van der Waals surface area contributed by atoms with E-state index in [9.17, 15) is 0 Å². The van der Waals surface area contributed by atoms with E-state index in [1.54, 1.807) is 12.3 Å². The number of hydrogen-bond donors (Lipinski definition) is 1. The summed E-state index contributed by atoms with van der Waals surface area (Å²) in [5, 5.41) is 0. The van der Waals surface area contributed by atoms with E-state index in [0.717, 1.165) is 6.54 Å². The van der Waals surface area contributed by atoms with Gasteiger partial charge >= 0.3 is 6.01 Å². The van der Waals surface area contributed by atoms with Crippen LogP contribution in [0.25, 0.3) is 0 Å². The van der Waals surface area contributed by atoms with Crippen LogP contribution in [0.15, 0.2) is 12.3 Å². The second-order valence-electron chi connectivity index (χ2n) is 4.96. The highest BCUT2D eigenvalue weighted by molar-refractivity contribution is 5.11. The standard InChI is InChI=1S/C14H23N3O2/c1-2-18-13-7-8-16-14(17-13)19-10-12-6-4-3-5-11(12)9-15/h7-8,11-12H,2-6,9-10,15H2,1H3. The SMILES string of the molecule is CCOc1ccnc(OCC2CCCCC2CN)n1. The molecule has 1 aromatic rings. The monoisotopic (exact) mass is 265 g/mol. The Labute approximate surface area is 114 Å². The van der Waals surface area contributed by atoms with Crippen LogP contribution in [0.1, 0.15) is 32.6 Å². The maximum Gasteiger partial charge on any atom is 0.319 e. The molecule has 0 aliphatic heterocycles. The maximum absolute atomic E-state index is 5.82. The van der Waals surface area contributed by atoms with E-state index in [0.29, 0.717) is 36.9 Å². The average molecular weight is 265 g/mol. The maximum atomic E-state index is 5.82. The van der Waals surface area contributed by atoms with Gasteiger partial charge in [0.1, 0.15) is 0 Å². The fourth-order valence-corrected chi connectivity index (χ4v) is 2.62. The lowest BCUT2D eigenvalue weighted by Crippen LogP contribution is -2.31. The molecule has 5 nitrogen and oxygen atoms in total. The fourth-order valence-electron chi connectivity index (χ4n) is 2.62. The highest BCUT2D eigenvalue weighted by Gasteiger charge is 2.24. The first kappa shape index (κ1) is 14.1. The van der Waals surface area contributed by atoms with E-state index in [1.807, 2.05) is 6.92 Å². The molecule has 0 saturated heterocycles. The first-order valence-electron chi connectivity index (χ1n) is 7.12. The molecule has 0 aromatic carbocycles. The van der Waals surface area contributed by atoms with Crippen LogP contribution in [0.4, 0.5) is 0 Å². The lowest BCUT2D eigenvalue weighted by atomic mass is 9.80. The summed E-state index contributed by atoms with van der Waals surface area (Å²) in [5.74, 6) is 1.66. The Hall–Kier alpha value is -1.36. The molecule has 2 rings (SSSR count). The fraction of sp³-hybridized carbons (Fsp3) is 0.714. The van der Waals surface area contributed by atoms with Crippen molar-refractivity contribution in [3.63, 3.8) is 0 Å². The number of aromatic nitrogens is 2. The minimum absolute atomic E-state index is 0.396. The third-order valence-corrected chi connectivity index (χ3v) is 3.70. The zero-order valence-electron chi connectivity index (χ0n) is 11.5. The zero-order valence-corrected chi connectivity index (χ0v) is 11.5. The summed E-state index contributed by atoms with van der Waals surface area (Å²) in [5.41, 5.74) is 5.82. The van der Waals surface area contributed by atoms with Crippen molar-refractivity contribution < 1.29 is 9.47 Å². The lowest BCUT2D eigenvalue weighted by Gasteiger charge is -2.30. The predicted molar refractivity (Wildman–Crippen MR) is 73.2 cm³/mol. The summed E-state index contributed by atoms with van der Waals surface area (Å²) in [6.07, 6.45) is 6.62. The molecular formula is C14H23N3O2. The number of nitrogens with zero attached hydrogens (tertiary/aromatic N) is 2. The molecule has 2 unspecified atom stereocenters.